The summed E-state index contributed by atoms with van der Waals surface area (Å²) in [5.41, 5.74) is 3.03. The first-order valence-corrected chi connectivity index (χ1v) is 8.86. The third-order valence-corrected chi connectivity index (χ3v) is 5.21. The van der Waals surface area contributed by atoms with Gasteiger partial charge in [0.2, 0.25) is 0 Å². The Morgan fingerprint density at radius 1 is 1.40 bits per heavy atom. The first-order chi connectivity index (χ1) is 12.0. The number of aryl methyl sites for hydroxylation is 2. The van der Waals surface area contributed by atoms with E-state index in [1.165, 1.54) is 17.7 Å². The third-order valence-electron chi connectivity index (χ3n) is 3.60. The fourth-order valence-electron chi connectivity index (χ4n) is 2.25. The first kappa shape index (κ1) is 17.4. The molecule has 1 amide bonds. The molecule has 0 atom stereocenters. The minimum Gasteiger partial charge on any atom is -0.484 e. The summed E-state index contributed by atoms with van der Waals surface area (Å²) in [6, 6.07) is 6.94. The van der Waals surface area contributed by atoms with Gasteiger partial charge in [0.05, 0.1) is 5.39 Å². The van der Waals surface area contributed by atoms with Gasteiger partial charge in [0.15, 0.2) is 6.61 Å². The van der Waals surface area contributed by atoms with Crippen molar-refractivity contribution in [3.05, 3.63) is 56.4 Å². The number of carbonyl (C=O) groups excluding carboxylic acids is 1. The van der Waals surface area contributed by atoms with Crippen LogP contribution in [0.4, 0.5) is 0 Å². The lowest BCUT2D eigenvalue weighted by molar-refractivity contribution is -0.119. The summed E-state index contributed by atoms with van der Waals surface area (Å²) >= 11 is 7.43. The molecule has 6 nitrogen and oxygen atoms in total. The minimum atomic E-state index is -0.457. The zero-order chi connectivity index (χ0) is 18.0. The molecule has 1 aromatic carbocycles. The fourth-order valence-corrected chi connectivity index (χ4v) is 3.29. The standard InChI is InChI=1S/C17H16ClN3O3S/c1-3-12-7-13-16(25-12)19-9-21(17(13)23)20-15(22)8-24-11-4-5-14(18)10(2)6-11/h4-7,9H,3,8H2,1-2H3,(H,20,22). The normalized spacial score (nSPS) is 10.8. The van der Waals surface area contributed by atoms with Crippen LogP contribution in [-0.4, -0.2) is 22.2 Å². The van der Waals surface area contributed by atoms with Gasteiger partial charge in [0.1, 0.15) is 16.9 Å². The van der Waals surface area contributed by atoms with Crippen LogP contribution in [0.15, 0.2) is 35.4 Å². The molecule has 8 heteroatoms. The van der Waals surface area contributed by atoms with Crippen LogP contribution in [0.3, 0.4) is 0 Å². The van der Waals surface area contributed by atoms with E-state index in [0.29, 0.717) is 21.0 Å². The lowest BCUT2D eigenvalue weighted by atomic mass is 10.2. The lowest BCUT2D eigenvalue weighted by Gasteiger charge is -2.09. The van der Waals surface area contributed by atoms with Gasteiger partial charge in [-0.3, -0.25) is 15.0 Å². The molecule has 0 aliphatic heterocycles. The van der Waals surface area contributed by atoms with Crippen molar-refractivity contribution in [1.82, 2.24) is 9.66 Å². The monoisotopic (exact) mass is 377 g/mol. The number of hydrogen-bond donors (Lipinski definition) is 1. The SMILES string of the molecule is CCc1cc2c(=O)n(NC(=O)COc3ccc(Cl)c(C)c3)cnc2s1. The summed E-state index contributed by atoms with van der Waals surface area (Å²) in [6.07, 6.45) is 2.14. The number of fused-ring (bicyclic) bond motifs is 1. The number of aromatic nitrogens is 2. The molecule has 0 fully saturated rings. The molecule has 0 bridgehead atoms. The van der Waals surface area contributed by atoms with Crippen molar-refractivity contribution in [3.8, 4) is 5.75 Å². The van der Waals surface area contributed by atoms with E-state index in [0.717, 1.165) is 21.5 Å². The molecular weight excluding hydrogens is 362 g/mol. The molecule has 130 valence electrons. The second-order valence-electron chi connectivity index (χ2n) is 5.44. The van der Waals surface area contributed by atoms with E-state index in [4.69, 9.17) is 16.3 Å². The van der Waals surface area contributed by atoms with E-state index >= 15 is 0 Å². The average Bonchev–Trinajstić information content (AvgIpc) is 3.03. The Balaban J connectivity index is 1.70. The van der Waals surface area contributed by atoms with Crippen LogP contribution in [0.25, 0.3) is 10.2 Å². The predicted octanol–water partition coefficient (Wildman–Crippen LogP) is 3.13. The Bertz CT molecular complexity index is 996. The second-order valence-corrected chi connectivity index (χ2v) is 6.96. The van der Waals surface area contributed by atoms with Crippen LogP contribution < -0.4 is 15.7 Å². The highest BCUT2D eigenvalue weighted by atomic mass is 35.5. The molecule has 3 rings (SSSR count). The highest BCUT2D eigenvalue weighted by Gasteiger charge is 2.11. The highest BCUT2D eigenvalue weighted by molar-refractivity contribution is 7.18. The van der Waals surface area contributed by atoms with Gasteiger partial charge >= 0.3 is 0 Å². The van der Waals surface area contributed by atoms with Crippen molar-refractivity contribution in [2.45, 2.75) is 20.3 Å². The van der Waals surface area contributed by atoms with Crippen molar-refractivity contribution in [2.24, 2.45) is 0 Å². The number of benzene rings is 1. The molecule has 0 saturated carbocycles. The van der Waals surface area contributed by atoms with Gasteiger partial charge in [-0.2, -0.15) is 0 Å². The van der Waals surface area contributed by atoms with Gasteiger partial charge < -0.3 is 4.74 Å². The van der Waals surface area contributed by atoms with Gasteiger partial charge in [0, 0.05) is 9.90 Å². The van der Waals surface area contributed by atoms with Gasteiger partial charge in [-0.25, -0.2) is 9.66 Å². The number of rotatable bonds is 5. The van der Waals surface area contributed by atoms with Crippen molar-refractivity contribution in [2.75, 3.05) is 12.0 Å². The number of nitrogens with zero attached hydrogens (tertiary/aromatic N) is 2. The Labute approximate surface area is 153 Å². The van der Waals surface area contributed by atoms with E-state index in [1.54, 1.807) is 18.2 Å². The number of amides is 1. The Hall–Kier alpha value is -2.38. The van der Waals surface area contributed by atoms with Crippen molar-refractivity contribution >= 4 is 39.1 Å². The number of halogens is 1. The van der Waals surface area contributed by atoms with E-state index in [2.05, 4.69) is 10.4 Å². The highest BCUT2D eigenvalue weighted by Crippen LogP contribution is 2.21. The number of thiophene rings is 1. The largest absolute Gasteiger partial charge is 0.484 e. The topological polar surface area (TPSA) is 73.2 Å². The Kier molecular flexibility index (Phi) is 5.06. The molecule has 0 spiro atoms. The summed E-state index contributed by atoms with van der Waals surface area (Å²) in [6.45, 7) is 3.64. The maximum atomic E-state index is 12.4. The molecule has 3 aromatic rings. The van der Waals surface area contributed by atoms with Gasteiger partial charge in [-0.05, 0) is 43.2 Å². The molecule has 0 aliphatic carbocycles. The van der Waals surface area contributed by atoms with Crippen molar-refractivity contribution in [3.63, 3.8) is 0 Å². The summed E-state index contributed by atoms with van der Waals surface area (Å²) in [5.74, 6) is 0.0743. The summed E-state index contributed by atoms with van der Waals surface area (Å²) in [7, 11) is 0. The zero-order valence-corrected chi connectivity index (χ0v) is 15.3. The average molecular weight is 378 g/mol. The van der Waals surface area contributed by atoms with E-state index < -0.39 is 5.91 Å². The Morgan fingerprint density at radius 2 is 2.20 bits per heavy atom. The molecule has 1 N–H and O–H groups in total. The van der Waals surface area contributed by atoms with E-state index in [-0.39, 0.29) is 12.2 Å². The van der Waals surface area contributed by atoms with Crippen LogP contribution >= 0.6 is 22.9 Å². The summed E-state index contributed by atoms with van der Waals surface area (Å²) < 4.78 is 6.50. The van der Waals surface area contributed by atoms with Gasteiger partial charge in [-0.1, -0.05) is 18.5 Å². The smallest absolute Gasteiger partial charge is 0.280 e. The molecular formula is C17H16ClN3O3S. The quantitative estimate of drug-likeness (QED) is 0.741. The lowest BCUT2D eigenvalue weighted by Crippen LogP contribution is -2.35. The number of nitrogens with one attached hydrogen (secondary N) is 1. The van der Waals surface area contributed by atoms with Gasteiger partial charge in [0.25, 0.3) is 11.5 Å². The zero-order valence-electron chi connectivity index (χ0n) is 13.7. The molecule has 0 aliphatic rings. The molecule has 0 radical (unpaired) electrons. The number of hydrogen-bond acceptors (Lipinski definition) is 5. The van der Waals surface area contributed by atoms with Crippen LogP contribution in [-0.2, 0) is 11.2 Å². The summed E-state index contributed by atoms with van der Waals surface area (Å²) in [5, 5.41) is 1.13. The van der Waals surface area contributed by atoms with Crippen LogP contribution in [0, 0.1) is 6.92 Å². The third kappa shape index (κ3) is 3.83. The molecule has 0 saturated heterocycles. The maximum Gasteiger partial charge on any atom is 0.280 e. The maximum absolute atomic E-state index is 12.4. The number of ether oxygens (including phenoxy) is 1. The van der Waals surface area contributed by atoms with Gasteiger partial charge in [-0.15, -0.1) is 11.3 Å². The fraction of sp³-hybridized carbons (Fsp3) is 0.235. The molecule has 0 unspecified atom stereocenters. The van der Waals surface area contributed by atoms with E-state index in [1.807, 2.05) is 19.9 Å². The minimum absolute atomic E-state index is 0.227. The molecule has 25 heavy (non-hydrogen) atoms. The van der Waals surface area contributed by atoms with Crippen molar-refractivity contribution in [1.29, 1.82) is 0 Å². The molecule has 2 aromatic heterocycles. The van der Waals surface area contributed by atoms with Crippen LogP contribution in [0.2, 0.25) is 5.02 Å². The predicted molar refractivity (Wildman–Crippen MR) is 99.3 cm³/mol. The van der Waals surface area contributed by atoms with Crippen molar-refractivity contribution < 1.29 is 9.53 Å². The van der Waals surface area contributed by atoms with Crippen LogP contribution in [0.1, 0.15) is 17.4 Å². The first-order valence-electron chi connectivity index (χ1n) is 7.67. The second kappa shape index (κ2) is 7.25. The van der Waals surface area contributed by atoms with E-state index in [9.17, 15) is 9.59 Å². The molecule has 2 heterocycles. The Morgan fingerprint density at radius 3 is 2.92 bits per heavy atom. The summed E-state index contributed by atoms with van der Waals surface area (Å²) in [4.78, 5) is 30.4. The number of carbonyl (C=O) groups is 1. The van der Waals surface area contributed by atoms with Crippen LogP contribution in [0.5, 0.6) is 5.75 Å².